The summed E-state index contributed by atoms with van der Waals surface area (Å²) in [5, 5.41) is 42.0. The topological polar surface area (TPSA) is 149 Å². The van der Waals surface area contributed by atoms with Crippen LogP contribution in [0.5, 0.6) is 0 Å². The fraction of sp³-hybridized carbons (Fsp3) is 0.200. The molecule has 4 rings (SSSR count). The lowest BCUT2D eigenvalue weighted by Crippen LogP contribution is -2.27. The number of anilines is 2. The zero-order chi connectivity index (χ0) is 25.9. The van der Waals surface area contributed by atoms with Crippen molar-refractivity contribution < 1.29 is 20.4 Å². The molecular weight excluding hydrogens is 470 g/mol. The first-order chi connectivity index (χ1) is 16.5. The van der Waals surface area contributed by atoms with Crippen molar-refractivity contribution in [3.05, 3.63) is 89.0 Å². The smallest absolute Gasteiger partial charge is 0.339 e. The summed E-state index contributed by atoms with van der Waals surface area (Å²) >= 11 is 5.70. The van der Waals surface area contributed by atoms with Gasteiger partial charge in [-0.3, -0.25) is 4.40 Å². The monoisotopic (exact) mass is 497 g/mol. The Labute approximate surface area is 207 Å². The Hall–Kier alpha value is -3.47. The van der Waals surface area contributed by atoms with Crippen molar-refractivity contribution in [3.63, 3.8) is 0 Å². The van der Waals surface area contributed by atoms with Gasteiger partial charge in [-0.05, 0) is 49.2 Å². The van der Waals surface area contributed by atoms with Crippen LogP contribution >= 0.6 is 11.6 Å². The number of nitrogens with two attached hydrogens (primary N) is 1. The molecule has 4 aromatic rings. The van der Waals surface area contributed by atoms with Crippen molar-refractivity contribution in [2.75, 3.05) is 18.1 Å². The van der Waals surface area contributed by atoms with E-state index in [0.717, 1.165) is 22.4 Å². The van der Waals surface area contributed by atoms with Crippen molar-refractivity contribution in [2.24, 2.45) is 0 Å². The number of imidazole rings is 1. The van der Waals surface area contributed by atoms with Crippen LogP contribution in [-0.4, -0.2) is 41.8 Å². The molecule has 0 saturated heterocycles. The number of fused-ring (bicyclic) bond motifs is 1. The van der Waals surface area contributed by atoms with Gasteiger partial charge in [0.1, 0.15) is 17.0 Å². The van der Waals surface area contributed by atoms with Gasteiger partial charge in [0.15, 0.2) is 0 Å². The van der Waals surface area contributed by atoms with Gasteiger partial charge in [0.25, 0.3) is 0 Å². The highest BCUT2D eigenvalue weighted by Gasteiger charge is 2.32. The fourth-order valence-corrected chi connectivity index (χ4v) is 3.80. The lowest BCUT2D eigenvalue weighted by molar-refractivity contribution is -0.329. The number of aliphatic hydroxyl groups excluding tert-OH is 1. The average molecular weight is 498 g/mol. The first kappa shape index (κ1) is 26.1. The van der Waals surface area contributed by atoms with Crippen LogP contribution in [0.3, 0.4) is 0 Å². The second-order valence-corrected chi connectivity index (χ2v) is 8.34. The summed E-state index contributed by atoms with van der Waals surface area (Å²) in [6.07, 6.45) is 2.32. The maximum Gasteiger partial charge on any atom is 0.339 e. The summed E-state index contributed by atoms with van der Waals surface area (Å²) < 4.78 is 1.39. The highest BCUT2D eigenvalue weighted by atomic mass is 35.5. The highest BCUT2D eigenvalue weighted by molar-refractivity contribution is 6.30. The molecule has 0 aliphatic carbocycles. The largest absolute Gasteiger partial charge is 0.388 e. The third kappa shape index (κ3) is 5.61. The molecule has 2 aromatic heterocycles. The number of rotatable bonds is 5. The third-order valence-corrected chi connectivity index (χ3v) is 5.58. The molecule has 2 aromatic carbocycles. The quantitative estimate of drug-likeness (QED) is 0.182. The Morgan fingerprint density at radius 3 is 2.46 bits per heavy atom. The molecule has 1 unspecified atom stereocenters. The summed E-state index contributed by atoms with van der Waals surface area (Å²) in [4.78, 5) is 8.35. The minimum atomic E-state index is -3.10. The van der Waals surface area contributed by atoms with Crippen molar-refractivity contribution in [2.45, 2.75) is 25.9 Å². The zero-order valence-electron chi connectivity index (χ0n) is 19.6. The van der Waals surface area contributed by atoms with E-state index in [1.807, 2.05) is 32.2 Å². The molecule has 2 heterocycles. The second-order valence-electron chi connectivity index (χ2n) is 7.90. The maximum atomic E-state index is 9.67. The summed E-state index contributed by atoms with van der Waals surface area (Å²) in [5.74, 6) is -3.26. The first-order valence-corrected chi connectivity index (χ1v) is 11.0. The van der Waals surface area contributed by atoms with Crippen molar-refractivity contribution in [1.82, 2.24) is 14.4 Å². The van der Waals surface area contributed by atoms with E-state index >= 15 is 0 Å². The van der Waals surface area contributed by atoms with Crippen LogP contribution in [0.2, 0.25) is 5.02 Å². The van der Waals surface area contributed by atoms with Gasteiger partial charge in [-0.25, -0.2) is 9.97 Å². The van der Waals surface area contributed by atoms with Gasteiger partial charge in [-0.15, -0.1) is 6.58 Å². The summed E-state index contributed by atoms with van der Waals surface area (Å²) in [6, 6.07) is 12.7. The zero-order valence-corrected chi connectivity index (χ0v) is 20.3. The number of hydrogen-bond acceptors (Lipinski definition) is 8. The molecule has 35 heavy (non-hydrogen) atoms. The molecule has 0 aliphatic rings. The number of benzene rings is 2. The van der Waals surface area contributed by atoms with Crippen LogP contribution in [0, 0.1) is 13.8 Å². The van der Waals surface area contributed by atoms with E-state index in [9.17, 15) is 20.4 Å². The number of halogens is 1. The van der Waals surface area contributed by atoms with Gasteiger partial charge in [-0.1, -0.05) is 35.9 Å². The van der Waals surface area contributed by atoms with Gasteiger partial charge in [-0.2, -0.15) is 0 Å². The van der Waals surface area contributed by atoms with E-state index < -0.39 is 12.1 Å². The Bertz CT molecular complexity index is 1360. The van der Waals surface area contributed by atoms with Gasteiger partial charge >= 0.3 is 5.97 Å². The van der Waals surface area contributed by atoms with Gasteiger partial charge in [0.05, 0.1) is 6.10 Å². The Morgan fingerprint density at radius 2 is 1.89 bits per heavy atom. The number of aromatic nitrogens is 3. The summed E-state index contributed by atoms with van der Waals surface area (Å²) in [5.41, 5.74) is 10.7. The SMILES string of the molecule is C=CC(O)c1cccc(Cl)c1.CNc1ccc(-c2nc(C(O)(O)O)n3c(C)cnc(N)c23)c(C)c1. The molecule has 0 aliphatic heterocycles. The number of nitrogen functional groups attached to an aromatic ring is 1. The summed E-state index contributed by atoms with van der Waals surface area (Å²) in [7, 11) is 1.82. The van der Waals surface area contributed by atoms with Crippen LogP contribution in [0.15, 0.2) is 61.3 Å². The van der Waals surface area contributed by atoms with E-state index in [2.05, 4.69) is 21.9 Å². The van der Waals surface area contributed by atoms with E-state index in [1.54, 1.807) is 31.2 Å². The van der Waals surface area contributed by atoms with Gasteiger partial charge < -0.3 is 31.5 Å². The predicted octanol–water partition coefficient (Wildman–Crippen LogP) is 3.28. The number of aryl methyl sites for hydroxylation is 2. The van der Waals surface area contributed by atoms with Gasteiger partial charge in [0, 0.05) is 35.2 Å². The van der Waals surface area contributed by atoms with E-state index in [4.69, 9.17) is 17.3 Å². The molecule has 0 spiro atoms. The van der Waals surface area contributed by atoms with E-state index in [1.165, 1.54) is 16.7 Å². The molecule has 0 bridgehead atoms. The number of nitrogens with one attached hydrogen (secondary N) is 1. The lowest BCUT2D eigenvalue weighted by Gasteiger charge is -2.13. The maximum absolute atomic E-state index is 9.67. The highest BCUT2D eigenvalue weighted by Crippen LogP contribution is 2.34. The van der Waals surface area contributed by atoms with Crippen LogP contribution in [0.4, 0.5) is 11.5 Å². The number of hydrogen-bond donors (Lipinski definition) is 6. The molecule has 0 fully saturated rings. The lowest BCUT2D eigenvalue weighted by atomic mass is 10.0. The number of aliphatic hydroxyl groups is 4. The molecule has 0 radical (unpaired) electrons. The van der Waals surface area contributed by atoms with Crippen LogP contribution in [-0.2, 0) is 5.97 Å². The molecule has 9 nitrogen and oxygen atoms in total. The van der Waals surface area contributed by atoms with Crippen LogP contribution in [0.1, 0.15) is 28.7 Å². The Balaban J connectivity index is 0.000000261. The predicted molar refractivity (Wildman–Crippen MR) is 137 cm³/mol. The fourth-order valence-electron chi connectivity index (χ4n) is 3.61. The van der Waals surface area contributed by atoms with Gasteiger partial charge in [0.2, 0.25) is 5.82 Å². The van der Waals surface area contributed by atoms with Crippen LogP contribution < -0.4 is 11.1 Å². The molecule has 0 saturated carbocycles. The van der Waals surface area contributed by atoms with Crippen molar-refractivity contribution >= 4 is 28.6 Å². The molecule has 10 heteroatoms. The average Bonchev–Trinajstić information content (AvgIpc) is 3.23. The normalized spacial score (nSPS) is 12.1. The molecular formula is C25H28ClN5O4. The third-order valence-electron chi connectivity index (χ3n) is 5.35. The molecule has 7 N–H and O–H groups in total. The number of nitrogens with zero attached hydrogens (tertiary/aromatic N) is 3. The Kier molecular flexibility index (Phi) is 7.79. The van der Waals surface area contributed by atoms with Crippen molar-refractivity contribution in [3.8, 4) is 11.3 Å². The molecule has 184 valence electrons. The molecule has 0 amide bonds. The first-order valence-electron chi connectivity index (χ1n) is 10.6. The minimum Gasteiger partial charge on any atom is -0.388 e. The Morgan fingerprint density at radius 1 is 1.17 bits per heavy atom. The minimum absolute atomic E-state index is 0.177. The summed E-state index contributed by atoms with van der Waals surface area (Å²) in [6.45, 7) is 7.09. The van der Waals surface area contributed by atoms with E-state index in [0.29, 0.717) is 21.9 Å². The van der Waals surface area contributed by atoms with E-state index in [-0.39, 0.29) is 11.6 Å². The second kappa shape index (κ2) is 10.4. The van der Waals surface area contributed by atoms with Crippen LogP contribution in [0.25, 0.3) is 16.8 Å². The van der Waals surface area contributed by atoms with Crippen molar-refractivity contribution in [1.29, 1.82) is 0 Å². The molecule has 1 atom stereocenters. The standard InChI is InChI=1S/C16H19N5O3.C9H9ClO/c1-8-6-10(18-3)4-5-11(8)12-13-14(17)19-7-9(2)21(13)15(20-12)16(22,23)24;1-2-9(11)7-4-3-5-8(10)6-7/h4-7,18,22-24H,1-3H3,(H2,17,19);2-6,9,11H,1H2.